The van der Waals surface area contributed by atoms with Crippen LogP contribution in [0.15, 0.2) is 21.3 Å². The minimum Gasteiger partial charge on any atom is -0.339 e. The molecule has 7 heteroatoms. The molecule has 0 N–H and O–H groups in total. The number of hydrogen-bond donors (Lipinski definition) is 0. The van der Waals surface area contributed by atoms with E-state index >= 15 is 0 Å². The van der Waals surface area contributed by atoms with Gasteiger partial charge >= 0.3 is 0 Å². The van der Waals surface area contributed by atoms with Crippen molar-refractivity contribution in [2.24, 2.45) is 0 Å². The molecular weight excluding hydrogens is 302 g/mol. The maximum Gasteiger partial charge on any atom is 0.240 e. The van der Waals surface area contributed by atoms with Gasteiger partial charge in [-0.25, -0.2) is 0 Å². The van der Waals surface area contributed by atoms with Crippen LogP contribution in [-0.4, -0.2) is 26.9 Å². The molecule has 2 aromatic rings. The van der Waals surface area contributed by atoms with Crippen molar-refractivity contribution in [1.29, 1.82) is 0 Å². The van der Waals surface area contributed by atoms with Crippen molar-refractivity contribution >= 4 is 23.2 Å². The van der Waals surface area contributed by atoms with Gasteiger partial charge in [-0.2, -0.15) is 16.3 Å². The number of amides is 2. The van der Waals surface area contributed by atoms with Crippen LogP contribution in [0.2, 0.25) is 0 Å². The minimum absolute atomic E-state index is 0.0631. The third kappa shape index (κ3) is 2.35. The van der Waals surface area contributed by atoms with E-state index in [4.69, 9.17) is 4.52 Å². The molecule has 1 atom stereocenters. The van der Waals surface area contributed by atoms with E-state index in [0.717, 1.165) is 5.56 Å². The second-order valence-corrected chi connectivity index (χ2v) is 6.79. The van der Waals surface area contributed by atoms with Crippen molar-refractivity contribution in [3.05, 3.63) is 34.1 Å². The van der Waals surface area contributed by atoms with Crippen LogP contribution in [0.5, 0.6) is 0 Å². The number of likely N-dealkylation sites (tertiary alicyclic amines) is 1. The zero-order chi connectivity index (χ0) is 15.9. The third-order valence-electron chi connectivity index (χ3n) is 3.96. The van der Waals surface area contributed by atoms with Crippen LogP contribution in [-0.2, 0) is 21.5 Å². The number of thiophene rings is 1. The molecule has 0 bridgehead atoms. The van der Waals surface area contributed by atoms with E-state index in [9.17, 15) is 9.59 Å². The van der Waals surface area contributed by atoms with Crippen LogP contribution in [0.3, 0.4) is 0 Å². The number of carbonyl (C=O) groups is 2. The number of carbonyl (C=O) groups excluding carboxylic acids is 2. The second kappa shape index (κ2) is 5.31. The Kier molecular flexibility index (Phi) is 3.60. The van der Waals surface area contributed by atoms with Gasteiger partial charge < -0.3 is 4.52 Å². The van der Waals surface area contributed by atoms with Gasteiger partial charge in [-0.15, -0.1) is 0 Å². The quantitative estimate of drug-likeness (QED) is 0.809. The molecule has 1 aliphatic rings. The van der Waals surface area contributed by atoms with Gasteiger partial charge in [-0.05, 0) is 29.3 Å². The van der Waals surface area contributed by atoms with Crippen molar-refractivity contribution in [2.45, 2.75) is 45.1 Å². The van der Waals surface area contributed by atoms with Gasteiger partial charge in [-0.1, -0.05) is 19.0 Å². The summed E-state index contributed by atoms with van der Waals surface area (Å²) >= 11 is 1.52. The van der Waals surface area contributed by atoms with Gasteiger partial charge in [0.25, 0.3) is 0 Å². The number of nitrogens with zero attached hydrogens (tertiary/aromatic N) is 3. The Hall–Kier alpha value is -2.02. The lowest BCUT2D eigenvalue weighted by Crippen LogP contribution is -2.36. The summed E-state index contributed by atoms with van der Waals surface area (Å²) in [5.74, 6) is 0.582. The van der Waals surface area contributed by atoms with Crippen LogP contribution < -0.4 is 0 Å². The highest BCUT2D eigenvalue weighted by Crippen LogP contribution is 2.37. The van der Waals surface area contributed by atoms with E-state index in [1.54, 1.807) is 0 Å². The lowest BCUT2D eigenvalue weighted by Gasteiger charge is -2.20. The van der Waals surface area contributed by atoms with E-state index in [1.807, 2.05) is 37.6 Å². The average Bonchev–Trinajstić information content (AvgIpc) is 3.17. The summed E-state index contributed by atoms with van der Waals surface area (Å²) in [5.41, 5.74) is 0.0937. The predicted octanol–water partition coefficient (Wildman–Crippen LogP) is 2.47. The van der Waals surface area contributed by atoms with E-state index in [0.29, 0.717) is 11.7 Å². The SMILES string of the molecule is CC(C)c1nc(CN2C(=O)C[C@](C)(c3ccsc3)C2=O)no1. The average molecular weight is 319 g/mol. The molecule has 0 unspecified atom stereocenters. The van der Waals surface area contributed by atoms with Gasteiger partial charge in [0, 0.05) is 12.3 Å². The van der Waals surface area contributed by atoms with Crippen molar-refractivity contribution in [3.8, 4) is 0 Å². The molecule has 0 saturated carbocycles. The molecule has 0 spiro atoms. The fraction of sp³-hybridized carbons (Fsp3) is 0.467. The minimum atomic E-state index is -0.790. The van der Waals surface area contributed by atoms with Crippen LogP contribution in [0.4, 0.5) is 0 Å². The Morgan fingerprint density at radius 1 is 1.45 bits per heavy atom. The summed E-state index contributed by atoms with van der Waals surface area (Å²) in [6.07, 6.45) is 0.178. The maximum absolute atomic E-state index is 12.7. The summed E-state index contributed by atoms with van der Waals surface area (Å²) in [7, 11) is 0. The topological polar surface area (TPSA) is 76.3 Å². The van der Waals surface area contributed by atoms with Crippen LogP contribution in [0, 0.1) is 0 Å². The Morgan fingerprint density at radius 2 is 2.23 bits per heavy atom. The first-order valence-corrected chi connectivity index (χ1v) is 8.06. The van der Waals surface area contributed by atoms with Crippen molar-refractivity contribution in [2.75, 3.05) is 0 Å². The molecular formula is C15H17N3O3S. The van der Waals surface area contributed by atoms with Gasteiger partial charge in [0.15, 0.2) is 5.82 Å². The lowest BCUT2D eigenvalue weighted by atomic mass is 9.83. The molecule has 0 radical (unpaired) electrons. The lowest BCUT2D eigenvalue weighted by molar-refractivity contribution is -0.140. The van der Waals surface area contributed by atoms with Gasteiger partial charge in [-0.3, -0.25) is 14.5 Å². The van der Waals surface area contributed by atoms with Crippen molar-refractivity contribution in [1.82, 2.24) is 15.0 Å². The highest BCUT2D eigenvalue weighted by Gasteiger charge is 2.49. The molecule has 1 aliphatic heterocycles. The monoisotopic (exact) mass is 319 g/mol. The summed E-state index contributed by atoms with van der Waals surface area (Å²) in [4.78, 5) is 30.4. The van der Waals surface area contributed by atoms with E-state index in [1.165, 1.54) is 16.2 Å². The normalized spacial score (nSPS) is 22.1. The highest BCUT2D eigenvalue weighted by atomic mass is 32.1. The smallest absolute Gasteiger partial charge is 0.240 e. The van der Waals surface area contributed by atoms with Crippen molar-refractivity contribution in [3.63, 3.8) is 0 Å². The summed E-state index contributed by atoms with van der Waals surface area (Å²) in [6.45, 7) is 5.76. The standard InChI is InChI=1S/C15H17N3O3S/c1-9(2)13-16-11(17-21-13)7-18-12(19)6-15(3,14(18)20)10-4-5-22-8-10/h4-5,8-9H,6-7H2,1-3H3/t15-/m1/s1. The summed E-state index contributed by atoms with van der Waals surface area (Å²) in [5, 5.41) is 7.68. The molecule has 116 valence electrons. The number of aromatic nitrogens is 2. The van der Waals surface area contributed by atoms with E-state index in [2.05, 4.69) is 10.1 Å². The summed E-state index contributed by atoms with van der Waals surface area (Å²) in [6, 6.07) is 1.89. The number of hydrogen-bond acceptors (Lipinski definition) is 6. The summed E-state index contributed by atoms with van der Waals surface area (Å²) < 4.78 is 5.12. The predicted molar refractivity (Wildman–Crippen MR) is 80.2 cm³/mol. The van der Waals surface area contributed by atoms with Gasteiger partial charge in [0.1, 0.15) is 0 Å². The third-order valence-corrected chi connectivity index (χ3v) is 4.64. The molecule has 0 aliphatic carbocycles. The molecule has 22 heavy (non-hydrogen) atoms. The first-order valence-electron chi connectivity index (χ1n) is 7.12. The maximum atomic E-state index is 12.7. The zero-order valence-corrected chi connectivity index (χ0v) is 13.5. The Morgan fingerprint density at radius 3 is 2.82 bits per heavy atom. The highest BCUT2D eigenvalue weighted by molar-refractivity contribution is 7.08. The largest absolute Gasteiger partial charge is 0.339 e. The van der Waals surface area contributed by atoms with Crippen LogP contribution in [0.25, 0.3) is 0 Å². The van der Waals surface area contributed by atoms with Crippen LogP contribution in [0.1, 0.15) is 50.4 Å². The second-order valence-electron chi connectivity index (χ2n) is 6.01. The molecule has 3 rings (SSSR count). The molecule has 3 heterocycles. The van der Waals surface area contributed by atoms with E-state index < -0.39 is 5.41 Å². The Balaban J connectivity index is 1.83. The first-order chi connectivity index (χ1) is 10.4. The molecule has 0 aromatic carbocycles. The van der Waals surface area contributed by atoms with E-state index in [-0.39, 0.29) is 30.7 Å². The fourth-order valence-corrected chi connectivity index (χ4v) is 3.35. The fourth-order valence-electron chi connectivity index (χ4n) is 2.56. The molecule has 1 fully saturated rings. The van der Waals surface area contributed by atoms with Crippen molar-refractivity contribution < 1.29 is 14.1 Å². The Labute approximate surface area is 132 Å². The molecule has 2 aromatic heterocycles. The number of imide groups is 1. The number of rotatable bonds is 4. The zero-order valence-electron chi connectivity index (χ0n) is 12.7. The Bertz CT molecular complexity index is 707. The molecule has 6 nitrogen and oxygen atoms in total. The molecule has 2 amide bonds. The van der Waals surface area contributed by atoms with Crippen LogP contribution >= 0.6 is 11.3 Å². The van der Waals surface area contributed by atoms with Gasteiger partial charge in [0.2, 0.25) is 17.7 Å². The first kappa shape index (κ1) is 14.9. The van der Waals surface area contributed by atoms with Gasteiger partial charge in [0.05, 0.1) is 12.0 Å². The molecule has 1 saturated heterocycles.